The normalized spacial score (nSPS) is 17.1. The number of hydrogen-bond donors (Lipinski definition) is 0. The molecular formula is C9H10ClIN2O. The van der Waals surface area contributed by atoms with Crippen molar-refractivity contribution in [3.8, 4) is 0 Å². The average molecular weight is 325 g/mol. The van der Waals surface area contributed by atoms with E-state index in [1.165, 1.54) is 0 Å². The van der Waals surface area contributed by atoms with E-state index in [-0.39, 0.29) is 0 Å². The van der Waals surface area contributed by atoms with Crippen LogP contribution in [0.3, 0.4) is 0 Å². The average Bonchev–Trinajstić information content (AvgIpc) is 2.23. The number of morpholine rings is 1. The number of pyridine rings is 1. The van der Waals surface area contributed by atoms with Gasteiger partial charge in [0.1, 0.15) is 5.82 Å². The molecule has 76 valence electrons. The minimum Gasteiger partial charge on any atom is -0.378 e. The first-order chi connectivity index (χ1) is 6.77. The fourth-order valence-electron chi connectivity index (χ4n) is 1.37. The molecule has 1 aromatic heterocycles. The van der Waals surface area contributed by atoms with E-state index in [9.17, 15) is 0 Å². The first kappa shape index (κ1) is 10.4. The molecule has 3 nitrogen and oxygen atoms in total. The van der Waals surface area contributed by atoms with Crippen LogP contribution in [-0.4, -0.2) is 31.3 Å². The molecule has 0 bridgehead atoms. The van der Waals surface area contributed by atoms with Crippen molar-refractivity contribution in [2.45, 2.75) is 0 Å². The Labute approximate surface area is 102 Å². The predicted octanol–water partition coefficient (Wildman–Crippen LogP) is 2.18. The summed E-state index contributed by atoms with van der Waals surface area (Å²) >= 11 is 8.20. The summed E-state index contributed by atoms with van der Waals surface area (Å²) in [5, 5.41) is 0.766. The molecule has 0 radical (unpaired) electrons. The molecular weight excluding hydrogens is 314 g/mol. The smallest absolute Gasteiger partial charge is 0.130 e. The Morgan fingerprint density at radius 3 is 2.79 bits per heavy atom. The van der Waals surface area contributed by atoms with Crippen LogP contribution in [0.4, 0.5) is 5.82 Å². The maximum Gasteiger partial charge on any atom is 0.130 e. The van der Waals surface area contributed by atoms with E-state index in [1.807, 2.05) is 6.07 Å². The number of ether oxygens (including phenoxy) is 1. The topological polar surface area (TPSA) is 25.4 Å². The summed E-state index contributed by atoms with van der Waals surface area (Å²) in [5.74, 6) is 0.943. The molecule has 2 rings (SSSR count). The van der Waals surface area contributed by atoms with E-state index >= 15 is 0 Å². The van der Waals surface area contributed by atoms with Gasteiger partial charge < -0.3 is 9.64 Å². The molecule has 1 aliphatic heterocycles. The van der Waals surface area contributed by atoms with Gasteiger partial charge in [-0.2, -0.15) is 0 Å². The van der Waals surface area contributed by atoms with Gasteiger partial charge in [-0.3, -0.25) is 0 Å². The summed E-state index contributed by atoms with van der Waals surface area (Å²) in [5.41, 5.74) is 0. The largest absolute Gasteiger partial charge is 0.378 e. The number of nitrogens with zero attached hydrogens (tertiary/aromatic N) is 2. The second-order valence-corrected chi connectivity index (χ2v) is 4.63. The van der Waals surface area contributed by atoms with E-state index in [2.05, 4.69) is 32.5 Å². The second-order valence-electron chi connectivity index (χ2n) is 3.06. The minimum atomic E-state index is 0.766. The summed E-state index contributed by atoms with van der Waals surface area (Å²) in [7, 11) is 0. The standard InChI is InChI=1S/C9H10ClIN2O/c10-7-5-9(12-6-8(7)11)13-1-3-14-4-2-13/h5-6H,1-4H2. The van der Waals surface area contributed by atoms with E-state index in [0.29, 0.717) is 0 Å². The fourth-order valence-corrected chi connectivity index (χ4v) is 1.81. The van der Waals surface area contributed by atoms with Crippen LogP contribution in [0.5, 0.6) is 0 Å². The summed E-state index contributed by atoms with van der Waals surface area (Å²) in [6, 6.07) is 1.91. The van der Waals surface area contributed by atoms with Gasteiger partial charge in [-0.05, 0) is 22.6 Å². The maximum absolute atomic E-state index is 6.03. The molecule has 0 aliphatic carbocycles. The Hall–Kier alpha value is -0.0700. The summed E-state index contributed by atoms with van der Waals surface area (Å²) < 4.78 is 6.26. The van der Waals surface area contributed by atoms with Gasteiger partial charge >= 0.3 is 0 Å². The van der Waals surface area contributed by atoms with Crippen molar-refractivity contribution in [3.63, 3.8) is 0 Å². The summed E-state index contributed by atoms with van der Waals surface area (Å²) in [4.78, 5) is 6.53. The van der Waals surface area contributed by atoms with Gasteiger partial charge in [-0.15, -0.1) is 0 Å². The molecule has 1 aromatic rings. The lowest BCUT2D eigenvalue weighted by molar-refractivity contribution is 0.122. The number of hydrogen-bond acceptors (Lipinski definition) is 3. The number of rotatable bonds is 1. The molecule has 0 saturated carbocycles. The van der Waals surface area contributed by atoms with Gasteiger partial charge in [-0.1, -0.05) is 11.6 Å². The first-order valence-corrected chi connectivity index (χ1v) is 5.87. The second kappa shape index (κ2) is 4.63. The van der Waals surface area contributed by atoms with Crippen molar-refractivity contribution >= 4 is 40.0 Å². The summed E-state index contributed by atoms with van der Waals surface area (Å²) in [6.45, 7) is 3.32. The van der Waals surface area contributed by atoms with E-state index in [4.69, 9.17) is 16.3 Å². The van der Waals surface area contributed by atoms with Crippen molar-refractivity contribution in [3.05, 3.63) is 20.9 Å². The Balaban J connectivity index is 2.18. The number of halogens is 2. The summed E-state index contributed by atoms with van der Waals surface area (Å²) in [6.07, 6.45) is 1.80. The quantitative estimate of drug-likeness (QED) is 0.741. The van der Waals surface area contributed by atoms with Crippen LogP contribution in [0, 0.1) is 3.57 Å². The van der Waals surface area contributed by atoms with Crippen LogP contribution in [0.15, 0.2) is 12.3 Å². The maximum atomic E-state index is 6.03. The van der Waals surface area contributed by atoms with Crippen molar-refractivity contribution < 1.29 is 4.74 Å². The zero-order valence-electron chi connectivity index (χ0n) is 7.54. The first-order valence-electron chi connectivity index (χ1n) is 4.41. The van der Waals surface area contributed by atoms with Crippen molar-refractivity contribution in [1.29, 1.82) is 0 Å². The number of anilines is 1. The molecule has 0 aromatic carbocycles. The Bertz CT molecular complexity index is 329. The van der Waals surface area contributed by atoms with Crippen LogP contribution in [-0.2, 0) is 4.74 Å². The SMILES string of the molecule is Clc1cc(N2CCOCC2)ncc1I. The molecule has 2 heterocycles. The zero-order valence-corrected chi connectivity index (χ0v) is 10.5. The van der Waals surface area contributed by atoms with Crippen molar-refractivity contribution in [1.82, 2.24) is 4.98 Å². The Morgan fingerprint density at radius 2 is 2.14 bits per heavy atom. The molecule has 1 aliphatic rings. The lowest BCUT2D eigenvalue weighted by Gasteiger charge is -2.27. The number of aromatic nitrogens is 1. The Kier molecular flexibility index (Phi) is 3.46. The predicted molar refractivity (Wildman–Crippen MR) is 65.0 cm³/mol. The molecule has 1 saturated heterocycles. The molecule has 0 atom stereocenters. The van der Waals surface area contributed by atoms with Gasteiger partial charge in [0.15, 0.2) is 0 Å². The molecule has 5 heteroatoms. The molecule has 0 N–H and O–H groups in total. The van der Waals surface area contributed by atoms with Gasteiger partial charge in [0.05, 0.1) is 21.8 Å². The van der Waals surface area contributed by atoms with Crippen LogP contribution in [0.1, 0.15) is 0 Å². The highest BCUT2D eigenvalue weighted by molar-refractivity contribution is 14.1. The minimum absolute atomic E-state index is 0.766. The molecule has 1 fully saturated rings. The molecule has 0 unspecified atom stereocenters. The highest BCUT2D eigenvalue weighted by atomic mass is 127. The van der Waals surface area contributed by atoms with Gasteiger partial charge in [0.25, 0.3) is 0 Å². The molecule has 14 heavy (non-hydrogen) atoms. The van der Waals surface area contributed by atoms with Crippen LogP contribution < -0.4 is 4.90 Å². The van der Waals surface area contributed by atoms with E-state index < -0.39 is 0 Å². The van der Waals surface area contributed by atoms with Crippen molar-refractivity contribution in [2.24, 2.45) is 0 Å². The van der Waals surface area contributed by atoms with E-state index in [1.54, 1.807) is 6.20 Å². The highest BCUT2D eigenvalue weighted by Gasteiger charge is 2.12. The van der Waals surface area contributed by atoms with Gasteiger partial charge in [0, 0.05) is 25.4 Å². The monoisotopic (exact) mass is 324 g/mol. The van der Waals surface area contributed by atoms with Crippen LogP contribution >= 0.6 is 34.2 Å². The molecule has 0 amide bonds. The van der Waals surface area contributed by atoms with Crippen molar-refractivity contribution in [2.75, 3.05) is 31.2 Å². The fraction of sp³-hybridized carbons (Fsp3) is 0.444. The van der Waals surface area contributed by atoms with Crippen LogP contribution in [0.2, 0.25) is 5.02 Å². The third-order valence-corrected chi connectivity index (χ3v) is 3.62. The van der Waals surface area contributed by atoms with Gasteiger partial charge in [-0.25, -0.2) is 4.98 Å². The lowest BCUT2D eigenvalue weighted by atomic mass is 10.4. The Morgan fingerprint density at radius 1 is 1.43 bits per heavy atom. The van der Waals surface area contributed by atoms with Gasteiger partial charge in [0.2, 0.25) is 0 Å². The zero-order chi connectivity index (χ0) is 9.97. The third-order valence-electron chi connectivity index (χ3n) is 2.13. The third kappa shape index (κ3) is 2.29. The van der Waals surface area contributed by atoms with Crippen LogP contribution in [0.25, 0.3) is 0 Å². The lowest BCUT2D eigenvalue weighted by Crippen LogP contribution is -2.36. The highest BCUT2D eigenvalue weighted by Crippen LogP contribution is 2.22. The molecule has 0 spiro atoms. The van der Waals surface area contributed by atoms with E-state index in [0.717, 1.165) is 40.7 Å².